The molecule has 1 aromatic rings. The number of likely N-dealkylation sites (N-methyl/N-ethyl adjacent to an activating group) is 1. The molecule has 1 N–H and O–H groups in total. The number of carboxylic acid groups (broad SMARTS) is 1. The molecule has 0 spiro atoms. The predicted octanol–water partition coefficient (Wildman–Crippen LogP) is 0.777. The van der Waals surface area contributed by atoms with Gasteiger partial charge in [0.25, 0.3) is 0 Å². The predicted molar refractivity (Wildman–Crippen MR) is 59.3 cm³/mol. The molecule has 0 bridgehead atoms. The first-order valence-corrected chi connectivity index (χ1v) is 5.59. The van der Waals surface area contributed by atoms with Gasteiger partial charge in [0.15, 0.2) is 0 Å². The van der Waals surface area contributed by atoms with Crippen LogP contribution in [-0.2, 0) is 11.2 Å². The zero-order valence-electron chi connectivity index (χ0n) is 9.46. The maximum Gasteiger partial charge on any atom is 0.303 e. The van der Waals surface area contributed by atoms with Crippen LogP contribution < -0.4 is 0 Å². The third kappa shape index (κ3) is 2.41. The minimum atomic E-state index is -0.753. The number of aryl methyl sites for hydroxylation is 1. The zero-order valence-corrected chi connectivity index (χ0v) is 9.46. The Morgan fingerprint density at radius 1 is 1.69 bits per heavy atom. The van der Waals surface area contributed by atoms with Crippen LogP contribution in [0.5, 0.6) is 0 Å². The van der Waals surface area contributed by atoms with Gasteiger partial charge in [0.2, 0.25) is 0 Å². The van der Waals surface area contributed by atoms with Gasteiger partial charge in [0, 0.05) is 18.4 Å². The molecule has 0 saturated carbocycles. The van der Waals surface area contributed by atoms with Crippen LogP contribution in [-0.4, -0.2) is 45.9 Å². The second-order valence-corrected chi connectivity index (χ2v) is 4.37. The highest BCUT2D eigenvalue weighted by Crippen LogP contribution is 2.21. The van der Waals surface area contributed by atoms with Gasteiger partial charge >= 0.3 is 5.97 Å². The normalized spacial score (nSPS) is 21.4. The van der Waals surface area contributed by atoms with E-state index in [0.717, 1.165) is 25.2 Å². The smallest absolute Gasteiger partial charge is 0.303 e. The summed E-state index contributed by atoms with van der Waals surface area (Å²) in [5, 5.41) is 13.0. The van der Waals surface area contributed by atoms with Crippen molar-refractivity contribution in [3.8, 4) is 0 Å². The Morgan fingerprint density at radius 2 is 2.50 bits per heavy atom. The molecule has 1 fully saturated rings. The van der Waals surface area contributed by atoms with E-state index in [1.807, 2.05) is 10.7 Å². The van der Waals surface area contributed by atoms with Crippen molar-refractivity contribution in [2.24, 2.45) is 0 Å². The van der Waals surface area contributed by atoms with Gasteiger partial charge in [-0.25, -0.2) is 0 Å². The number of likely N-dealkylation sites (tertiary alicyclic amines) is 1. The molecule has 16 heavy (non-hydrogen) atoms. The van der Waals surface area contributed by atoms with Crippen molar-refractivity contribution in [1.29, 1.82) is 0 Å². The van der Waals surface area contributed by atoms with Gasteiger partial charge < -0.3 is 10.0 Å². The minimum Gasteiger partial charge on any atom is -0.481 e. The minimum absolute atomic E-state index is 0.175. The molecule has 5 nitrogen and oxygen atoms in total. The highest BCUT2D eigenvalue weighted by Gasteiger charge is 2.23. The standard InChI is InChI=1S/C11H17N3O2/c1-13-7-5-10(8-13)14-9(4-6-12-14)2-3-11(15)16/h4,6,10H,2-3,5,7-8H2,1H3,(H,15,16). The summed E-state index contributed by atoms with van der Waals surface area (Å²) >= 11 is 0. The summed E-state index contributed by atoms with van der Waals surface area (Å²) in [5.74, 6) is -0.753. The lowest BCUT2D eigenvalue weighted by molar-refractivity contribution is -0.137. The Hall–Kier alpha value is -1.36. The molecule has 5 heteroatoms. The Morgan fingerprint density at radius 3 is 3.12 bits per heavy atom. The molecule has 88 valence electrons. The third-order valence-corrected chi connectivity index (χ3v) is 3.06. The summed E-state index contributed by atoms with van der Waals surface area (Å²) < 4.78 is 1.99. The molecule has 0 radical (unpaired) electrons. The number of aliphatic carboxylic acids is 1. The van der Waals surface area contributed by atoms with E-state index in [9.17, 15) is 4.79 Å². The molecular formula is C11H17N3O2. The van der Waals surface area contributed by atoms with Crippen molar-refractivity contribution in [3.05, 3.63) is 18.0 Å². The summed E-state index contributed by atoms with van der Waals surface area (Å²) in [6.45, 7) is 2.09. The monoisotopic (exact) mass is 223 g/mol. The van der Waals surface area contributed by atoms with Crippen molar-refractivity contribution >= 4 is 5.97 Å². The van der Waals surface area contributed by atoms with Crippen LogP contribution in [0.25, 0.3) is 0 Å². The largest absolute Gasteiger partial charge is 0.481 e. The first-order chi connectivity index (χ1) is 7.66. The van der Waals surface area contributed by atoms with Gasteiger partial charge in [-0.2, -0.15) is 5.10 Å². The highest BCUT2D eigenvalue weighted by atomic mass is 16.4. The summed E-state index contributed by atoms with van der Waals surface area (Å²) in [6, 6.07) is 2.32. The number of carboxylic acids is 1. The molecule has 2 heterocycles. The average Bonchev–Trinajstić information content (AvgIpc) is 2.82. The van der Waals surface area contributed by atoms with Crippen LogP contribution in [0.1, 0.15) is 24.6 Å². The van der Waals surface area contributed by atoms with E-state index in [0.29, 0.717) is 12.5 Å². The van der Waals surface area contributed by atoms with E-state index in [1.165, 1.54) is 0 Å². The van der Waals surface area contributed by atoms with Crippen molar-refractivity contribution in [2.45, 2.75) is 25.3 Å². The summed E-state index contributed by atoms with van der Waals surface area (Å²) in [6.07, 6.45) is 3.59. The first kappa shape index (κ1) is 11.1. The van der Waals surface area contributed by atoms with Crippen molar-refractivity contribution in [1.82, 2.24) is 14.7 Å². The fourth-order valence-electron chi connectivity index (χ4n) is 2.21. The van der Waals surface area contributed by atoms with Crippen molar-refractivity contribution in [3.63, 3.8) is 0 Å². The van der Waals surface area contributed by atoms with Crippen LogP contribution in [0.4, 0.5) is 0 Å². The molecule has 0 aliphatic carbocycles. The maximum atomic E-state index is 10.5. The van der Waals surface area contributed by atoms with E-state index >= 15 is 0 Å². The fourth-order valence-corrected chi connectivity index (χ4v) is 2.21. The third-order valence-electron chi connectivity index (χ3n) is 3.06. The lowest BCUT2D eigenvalue weighted by Crippen LogP contribution is -2.19. The lowest BCUT2D eigenvalue weighted by Gasteiger charge is -2.14. The van der Waals surface area contributed by atoms with Gasteiger partial charge in [0.1, 0.15) is 0 Å². The van der Waals surface area contributed by atoms with Gasteiger partial charge in [-0.1, -0.05) is 0 Å². The van der Waals surface area contributed by atoms with Crippen LogP contribution in [0.15, 0.2) is 12.3 Å². The van der Waals surface area contributed by atoms with E-state index in [-0.39, 0.29) is 6.42 Å². The van der Waals surface area contributed by atoms with Gasteiger partial charge in [-0.15, -0.1) is 0 Å². The van der Waals surface area contributed by atoms with E-state index < -0.39 is 5.97 Å². The van der Waals surface area contributed by atoms with Crippen LogP contribution in [0.2, 0.25) is 0 Å². The second kappa shape index (κ2) is 4.65. The number of nitrogens with zero attached hydrogens (tertiary/aromatic N) is 3. The Kier molecular flexibility index (Phi) is 3.24. The van der Waals surface area contributed by atoms with Crippen LogP contribution in [0.3, 0.4) is 0 Å². The molecule has 1 atom stereocenters. The molecule has 1 unspecified atom stereocenters. The van der Waals surface area contributed by atoms with Crippen molar-refractivity contribution in [2.75, 3.05) is 20.1 Å². The Balaban J connectivity index is 2.04. The number of hydrogen-bond acceptors (Lipinski definition) is 3. The highest BCUT2D eigenvalue weighted by molar-refractivity contribution is 5.66. The molecular weight excluding hydrogens is 206 g/mol. The van der Waals surface area contributed by atoms with Crippen molar-refractivity contribution < 1.29 is 9.90 Å². The summed E-state index contributed by atoms with van der Waals surface area (Å²) in [5.41, 5.74) is 1.03. The number of carbonyl (C=O) groups is 1. The first-order valence-electron chi connectivity index (χ1n) is 5.59. The molecule has 0 aromatic carbocycles. The topological polar surface area (TPSA) is 58.4 Å². The van der Waals surface area contributed by atoms with Crippen LogP contribution in [0, 0.1) is 0 Å². The summed E-state index contributed by atoms with van der Waals surface area (Å²) in [7, 11) is 2.10. The van der Waals surface area contributed by atoms with Gasteiger partial charge in [0.05, 0.1) is 12.5 Å². The Labute approximate surface area is 94.7 Å². The average molecular weight is 223 g/mol. The molecule has 1 saturated heterocycles. The molecule has 2 rings (SSSR count). The van der Waals surface area contributed by atoms with Gasteiger partial charge in [-0.05, 0) is 32.5 Å². The molecule has 1 aliphatic heterocycles. The van der Waals surface area contributed by atoms with Crippen LogP contribution >= 0.6 is 0 Å². The SMILES string of the molecule is CN1CCC(n2nccc2CCC(=O)O)C1. The molecule has 1 aliphatic rings. The molecule has 0 amide bonds. The lowest BCUT2D eigenvalue weighted by atomic mass is 10.2. The van der Waals surface area contributed by atoms with E-state index in [1.54, 1.807) is 6.20 Å². The Bertz CT molecular complexity index is 375. The number of hydrogen-bond donors (Lipinski definition) is 1. The second-order valence-electron chi connectivity index (χ2n) is 4.37. The maximum absolute atomic E-state index is 10.5. The zero-order chi connectivity index (χ0) is 11.5. The van der Waals surface area contributed by atoms with E-state index in [4.69, 9.17) is 5.11 Å². The quantitative estimate of drug-likeness (QED) is 0.819. The fraction of sp³-hybridized carbons (Fsp3) is 0.636. The summed E-state index contributed by atoms with van der Waals surface area (Å²) in [4.78, 5) is 12.8. The number of rotatable bonds is 4. The van der Waals surface area contributed by atoms with Gasteiger partial charge in [-0.3, -0.25) is 9.48 Å². The number of aromatic nitrogens is 2. The van der Waals surface area contributed by atoms with E-state index in [2.05, 4.69) is 17.0 Å². The molecule has 1 aromatic heterocycles.